The second-order valence-electron chi connectivity index (χ2n) is 6.27. The Morgan fingerprint density at radius 3 is 2.58 bits per heavy atom. The van der Waals surface area contributed by atoms with E-state index in [1.807, 2.05) is 11.7 Å². The number of piperazine rings is 1. The first-order chi connectivity index (χ1) is 8.92. The largest absolute Gasteiger partial charge is 0.308 e. The van der Waals surface area contributed by atoms with Crippen molar-refractivity contribution in [2.45, 2.75) is 58.2 Å². The van der Waals surface area contributed by atoms with Crippen LogP contribution in [-0.4, -0.2) is 43.8 Å². The summed E-state index contributed by atoms with van der Waals surface area (Å²) >= 11 is 0. The van der Waals surface area contributed by atoms with Crippen molar-refractivity contribution in [2.75, 3.05) is 13.1 Å². The highest BCUT2D eigenvalue weighted by Gasteiger charge is 2.41. The molecule has 1 aromatic rings. The first kappa shape index (κ1) is 14.5. The van der Waals surface area contributed by atoms with Crippen molar-refractivity contribution in [2.24, 2.45) is 7.05 Å². The van der Waals surface area contributed by atoms with Crippen LogP contribution in [0.2, 0.25) is 0 Å². The lowest BCUT2D eigenvalue weighted by Crippen LogP contribution is -2.67. The van der Waals surface area contributed by atoms with Gasteiger partial charge in [-0.05, 0) is 26.7 Å². The van der Waals surface area contributed by atoms with Crippen LogP contribution in [-0.2, 0) is 13.6 Å². The second-order valence-corrected chi connectivity index (χ2v) is 6.27. The maximum atomic E-state index is 4.37. The molecule has 19 heavy (non-hydrogen) atoms. The smallest absolute Gasteiger partial charge is 0.140 e. The minimum atomic E-state index is 0.195. The Kier molecular flexibility index (Phi) is 3.97. The van der Waals surface area contributed by atoms with E-state index in [4.69, 9.17) is 0 Å². The highest BCUT2D eigenvalue weighted by molar-refractivity contribution is 5.02. The monoisotopic (exact) mass is 265 g/mol. The fraction of sp³-hybridized carbons (Fsp3) is 0.857. The molecule has 1 saturated heterocycles. The summed E-state index contributed by atoms with van der Waals surface area (Å²) in [5.74, 6) is 1.04. The predicted octanol–water partition coefficient (Wildman–Crippen LogP) is 1.56. The Balaban J connectivity index is 2.19. The molecular formula is C14H27N5. The van der Waals surface area contributed by atoms with E-state index in [1.54, 1.807) is 6.33 Å². The Hall–Kier alpha value is -0.940. The Morgan fingerprint density at radius 1 is 1.32 bits per heavy atom. The minimum absolute atomic E-state index is 0.195. The molecule has 1 aliphatic heterocycles. The summed E-state index contributed by atoms with van der Waals surface area (Å²) in [6.07, 6.45) is 3.92. The average molecular weight is 265 g/mol. The molecule has 0 aromatic carbocycles. The molecule has 0 radical (unpaired) electrons. The van der Waals surface area contributed by atoms with Crippen LogP contribution in [0.15, 0.2) is 6.33 Å². The topological polar surface area (TPSA) is 46.0 Å². The van der Waals surface area contributed by atoms with Crippen LogP contribution in [0.3, 0.4) is 0 Å². The third kappa shape index (κ3) is 2.82. The van der Waals surface area contributed by atoms with E-state index in [1.165, 1.54) is 0 Å². The standard InChI is InChI=1S/C14H27N5/c1-6-13(3)10-19(14(4,7-2)9-16-13)8-12-15-11-17-18(12)5/h11,16H,6-10H2,1-5H3. The van der Waals surface area contributed by atoms with E-state index in [0.717, 1.165) is 38.3 Å². The van der Waals surface area contributed by atoms with Crippen LogP contribution in [0.1, 0.15) is 46.4 Å². The lowest BCUT2D eigenvalue weighted by atomic mass is 9.85. The van der Waals surface area contributed by atoms with Gasteiger partial charge in [0.05, 0.1) is 6.54 Å². The molecule has 0 amide bonds. The molecule has 1 aliphatic rings. The first-order valence-electron chi connectivity index (χ1n) is 7.25. The maximum Gasteiger partial charge on any atom is 0.140 e. The molecule has 0 spiro atoms. The van der Waals surface area contributed by atoms with Gasteiger partial charge in [0.15, 0.2) is 0 Å². The molecular weight excluding hydrogens is 238 g/mol. The third-order valence-corrected chi connectivity index (χ3v) is 4.88. The molecule has 0 aliphatic carbocycles. The van der Waals surface area contributed by atoms with Crippen molar-refractivity contribution in [3.8, 4) is 0 Å². The zero-order valence-corrected chi connectivity index (χ0v) is 12.9. The maximum absolute atomic E-state index is 4.37. The number of rotatable bonds is 4. The predicted molar refractivity (Wildman–Crippen MR) is 76.8 cm³/mol. The van der Waals surface area contributed by atoms with Gasteiger partial charge in [-0.15, -0.1) is 0 Å². The minimum Gasteiger partial charge on any atom is -0.308 e. The lowest BCUT2D eigenvalue weighted by molar-refractivity contribution is 0.00785. The molecule has 108 valence electrons. The van der Waals surface area contributed by atoms with Crippen molar-refractivity contribution in [1.29, 1.82) is 0 Å². The molecule has 2 heterocycles. The summed E-state index contributed by atoms with van der Waals surface area (Å²) in [6, 6.07) is 0. The summed E-state index contributed by atoms with van der Waals surface area (Å²) < 4.78 is 1.88. The molecule has 1 N–H and O–H groups in total. The molecule has 2 unspecified atom stereocenters. The molecule has 0 bridgehead atoms. The summed E-state index contributed by atoms with van der Waals surface area (Å²) in [4.78, 5) is 6.94. The molecule has 0 saturated carbocycles. The molecule has 5 heteroatoms. The Labute approximate surface area is 116 Å². The van der Waals surface area contributed by atoms with Gasteiger partial charge in [-0.2, -0.15) is 5.10 Å². The Morgan fingerprint density at radius 2 is 2.05 bits per heavy atom. The molecule has 1 aromatic heterocycles. The molecule has 1 fully saturated rings. The van der Waals surface area contributed by atoms with E-state index < -0.39 is 0 Å². The van der Waals surface area contributed by atoms with E-state index in [-0.39, 0.29) is 11.1 Å². The number of hydrogen-bond donors (Lipinski definition) is 1. The van der Waals surface area contributed by atoms with Crippen LogP contribution in [0.5, 0.6) is 0 Å². The van der Waals surface area contributed by atoms with Gasteiger partial charge in [-0.1, -0.05) is 13.8 Å². The second kappa shape index (κ2) is 5.21. The van der Waals surface area contributed by atoms with Crippen molar-refractivity contribution in [3.05, 3.63) is 12.2 Å². The number of nitrogens with zero attached hydrogens (tertiary/aromatic N) is 4. The first-order valence-corrected chi connectivity index (χ1v) is 7.25. The summed E-state index contributed by atoms with van der Waals surface area (Å²) in [5.41, 5.74) is 0.397. The molecule has 2 atom stereocenters. The highest BCUT2D eigenvalue weighted by Crippen LogP contribution is 2.29. The van der Waals surface area contributed by atoms with Gasteiger partial charge in [-0.3, -0.25) is 9.58 Å². The number of aryl methyl sites for hydroxylation is 1. The summed E-state index contributed by atoms with van der Waals surface area (Å²) in [7, 11) is 1.97. The van der Waals surface area contributed by atoms with Crippen LogP contribution < -0.4 is 5.32 Å². The van der Waals surface area contributed by atoms with Crippen molar-refractivity contribution in [1.82, 2.24) is 25.0 Å². The van der Waals surface area contributed by atoms with Gasteiger partial charge < -0.3 is 5.32 Å². The third-order valence-electron chi connectivity index (χ3n) is 4.88. The fourth-order valence-electron chi connectivity index (χ4n) is 2.65. The average Bonchev–Trinajstić information content (AvgIpc) is 2.80. The normalized spacial score (nSPS) is 32.7. The zero-order valence-electron chi connectivity index (χ0n) is 12.9. The van der Waals surface area contributed by atoms with Crippen LogP contribution in [0.4, 0.5) is 0 Å². The molecule has 5 nitrogen and oxygen atoms in total. The van der Waals surface area contributed by atoms with Crippen molar-refractivity contribution >= 4 is 0 Å². The summed E-state index contributed by atoms with van der Waals surface area (Å²) in [6.45, 7) is 12.1. The molecule has 2 rings (SSSR count). The van der Waals surface area contributed by atoms with Gasteiger partial charge in [0, 0.05) is 31.2 Å². The van der Waals surface area contributed by atoms with Gasteiger partial charge in [0.25, 0.3) is 0 Å². The summed E-state index contributed by atoms with van der Waals surface area (Å²) in [5, 5.41) is 7.90. The van der Waals surface area contributed by atoms with E-state index in [0.29, 0.717) is 0 Å². The van der Waals surface area contributed by atoms with Crippen LogP contribution in [0.25, 0.3) is 0 Å². The zero-order chi connectivity index (χ0) is 14.1. The Bertz CT molecular complexity index is 429. The van der Waals surface area contributed by atoms with E-state index in [2.05, 4.69) is 48.0 Å². The van der Waals surface area contributed by atoms with E-state index >= 15 is 0 Å². The van der Waals surface area contributed by atoms with Crippen molar-refractivity contribution < 1.29 is 0 Å². The van der Waals surface area contributed by atoms with Crippen LogP contribution >= 0.6 is 0 Å². The lowest BCUT2D eigenvalue weighted by Gasteiger charge is -2.52. The quantitative estimate of drug-likeness (QED) is 0.897. The van der Waals surface area contributed by atoms with Gasteiger partial charge in [0.2, 0.25) is 0 Å². The van der Waals surface area contributed by atoms with Gasteiger partial charge in [-0.25, -0.2) is 4.98 Å². The van der Waals surface area contributed by atoms with Gasteiger partial charge >= 0.3 is 0 Å². The highest BCUT2D eigenvalue weighted by atomic mass is 15.4. The van der Waals surface area contributed by atoms with Gasteiger partial charge in [0.1, 0.15) is 12.2 Å². The van der Waals surface area contributed by atoms with E-state index in [9.17, 15) is 0 Å². The fourth-order valence-corrected chi connectivity index (χ4v) is 2.65. The SMILES string of the molecule is CCC1(C)CN(Cc2ncnn2C)C(C)(CC)CN1. The number of aromatic nitrogens is 3. The van der Waals surface area contributed by atoms with Crippen LogP contribution in [0, 0.1) is 0 Å². The number of nitrogens with one attached hydrogen (secondary N) is 1. The number of hydrogen-bond acceptors (Lipinski definition) is 4. The van der Waals surface area contributed by atoms with Crippen molar-refractivity contribution in [3.63, 3.8) is 0 Å².